The summed E-state index contributed by atoms with van der Waals surface area (Å²) < 4.78 is 5.31. The molecule has 1 aromatic heterocycles. The van der Waals surface area contributed by atoms with Gasteiger partial charge in [-0.2, -0.15) is 4.98 Å². The highest BCUT2D eigenvalue weighted by molar-refractivity contribution is 6.31. The highest BCUT2D eigenvalue weighted by Crippen LogP contribution is 2.22. The molecule has 2 atom stereocenters. The van der Waals surface area contributed by atoms with Crippen molar-refractivity contribution in [2.75, 3.05) is 0 Å². The summed E-state index contributed by atoms with van der Waals surface area (Å²) in [6.45, 7) is 4.01. The number of aromatic nitrogens is 2. The van der Waals surface area contributed by atoms with Crippen molar-refractivity contribution in [3.05, 3.63) is 46.6 Å². The molecule has 0 aliphatic carbocycles. The van der Waals surface area contributed by atoms with Gasteiger partial charge in [-0.05, 0) is 25.0 Å². The molecule has 2 aromatic rings. The van der Waals surface area contributed by atoms with Crippen LogP contribution < -0.4 is 5.73 Å². The van der Waals surface area contributed by atoms with Crippen LogP contribution in [0.15, 0.2) is 28.8 Å². The maximum absolute atomic E-state index is 6.12. The van der Waals surface area contributed by atoms with Crippen LogP contribution in [0.3, 0.4) is 0 Å². The molecule has 0 aliphatic heterocycles. The molecular weight excluding hydrogens is 262 g/mol. The molecule has 1 heterocycles. The molecule has 2 N–H and O–H groups in total. The van der Waals surface area contributed by atoms with Gasteiger partial charge in [-0.1, -0.05) is 41.9 Å². The van der Waals surface area contributed by atoms with E-state index in [4.69, 9.17) is 21.9 Å². The predicted octanol–water partition coefficient (Wildman–Crippen LogP) is 3.15. The van der Waals surface area contributed by atoms with Gasteiger partial charge in [0, 0.05) is 17.5 Å². The van der Waals surface area contributed by atoms with Crippen LogP contribution in [0.2, 0.25) is 5.02 Å². The fourth-order valence-electron chi connectivity index (χ4n) is 2.07. The summed E-state index contributed by atoms with van der Waals surface area (Å²) in [5.41, 5.74) is 6.91. The average Bonchev–Trinajstić information content (AvgIpc) is 2.81. The molecule has 19 heavy (non-hydrogen) atoms. The number of nitrogens with zero attached hydrogens (tertiary/aromatic N) is 2. The Morgan fingerprint density at radius 2 is 2.11 bits per heavy atom. The molecule has 0 amide bonds. The maximum atomic E-state index is 6.12. The number of rotatable bonds is 5. The Kier molecular flexibility index (Phi) is 4.56. The second-order valence-electron chi connectivity index (χ2n) is 4.69. The van der Waals surface area contributed by atoms with E-state index in [-0.39, 0.29) is 12.0 Å². The highest BCUT2D eigenvalue weighted by Gasteiger charge is 2.21. The van der Waals surface area contributed by atoms with E-state index in [1.807, 2.05) is 31.2 Å². The quantitative estimate of drug-likeness (QED) is 0.913. The normalized spacial score (nSPS) is 14.3. The summed E-state index contributed by atoms with van der Waals surface area (Å²) in [4.78, 5) is 4.42. The first kappa shape index (κ1) is 14.0. The van der Waals surface area contributed by atoms with Crippen molar-refractivity contribution in [1.29, 1.82) is 0 Å². The largest absolute Gasteiger partial charge is 0.339 e. The molecule has 1 aromatic carbocycles. The van der Waals surface area contributed by atoms with E-state index in [1.54, 1.807) is 0 Å². The van der Waals surface area contributed by atoms with Gasteiger partial charge in [0.2, 0.25) is 5.89 Å². The summed E-state index contributed by atoms with van der Waals surface area (Å²) in [6.07, 6.45) is 1.45. The summed E-state index contributed by atoms with van der Waals surface area (Å²) >= 11 is 6.12. The maximum Gasteiger partial charge on any atom is 0.231 e. The Morgan fingerprint density at radius 3 is 2.74 bits per heavy atom. The van der Waals surface area contributed by atoms with Crippen molar-refractivity contribution in [3.8, 4) is 0 Å². The van der Waals surface area contributed by atoms with Gasteiger partial charge in [-0.15, -0.1) is 0 Å². The molecule has 0 spiro atoms. The Morgan fingerprint density at radius 1 is 1.37 bits per heavy atom. The zero-order chi connectivity index (χ0) is 13.8. The van der Waals surface area contributed by atoms with Gasteiger partial charge in [-0.3, -0.25) is 0 Å². The number of hydrogen-bond donors (Lipinski definition) is 1. The molecule has 0 saturated carbocycles. The van der Waals surface area contributed by atoms with Gasteiger partial charge in [0.05, 0.1) is 5.92 Å². The van der Waals surface area contributed by atoms with E-state index in [2.05, 4.69) is 17.1 Å². The van der Waals surface area contributed by atoms with Gasteiger partial charge in [0.15, 0.2) is 5.82 Å². The van der Waals surface area contributed by atoms with Crippen LogP contribution >= 0.6 is 11.6 Å². The van der Waals surface area contributed by atoms with E-state index >= 15 is 0 Å². The van der Waals surface area contributed by atoms with Gasteiger partial charge in [0.1, 0.15) is 0 Å². The third-order valence-corrected chi connectivity index (χ3v) is 3.55. The summed E-state index contributed by atoms with van der Waals surface area (Å²) in [6, 6.07) is 7.66. The van der Waals surface area contributed by atoms with Crippen LogP contribution in [0.25, 0.3) is 0 Å². The number of nitrogens with two attached hydrogens (primary N) is 1. The number of hydrogen-bond acceptors (Lipinski definition) is 4. The van der Waals surface area contributed by atoms with Crippen LogP contribution in [-0.4, -0.2) is 16.2 Å². The van der Waals surface area contributed by atoms with E-state index < -0.39 is 0 Å². The fraction of sp³-hybridized carbons (Fsp3) is 0.429. The van der Waals surface area contributed by atoms with Gasteiger partial charge in [0.25, 0.3) is 0 Å². The molecule has 102 valence electrons. The lowest BCUT2D eigenvalue weighted by Crippen LogP contribution is -2.24. The minimum atomic E-state index is -0.00128. The Hall–Kier alpha value is -1.39. The zero-order valence-electron chi connectivity index (χ0n) is 11.1. The van der Waals surface area contributed by atoms with Crippen LogP contribution in [0.1, 0.15) is 43.5 Å². The second-order valence-corrected chi connectivity index (χ2v) is 5.10. The van der Waals surface area contributed by atoms with Crippen LogP contribution in [0.4, 0.5) is 0 Å². The molecule has 0 fully saturated rings. The Bertz CT molecular complexity index is 539. The van der Waals surface area contributed by atoms with Crippen LogP contribution in [0, 0.1) is 0 Å². The van der Waals surface area contributed by atoms with Gasteiger partial charge in [-0.25, -0.2) is 0 Å². The van der Waals surface area contributed by atoms with E-state index in [9.17, 15) is 0 Å². The van der Waals surface area contributed by atoms with Crippen molar-refractivity contribution < 1.29 is 4.52 Å². The second kappa shape index (κ2) is 6.17. The van der Waals surface area contributed by atoms with Crippen molar-refractivity contribution in [1.82, 2.24) is 10.1 Å². The first-order chi connectivity index (χ1) is 9.11. The molecule has 0 bridgehead atoms. The zero-order valence-corrected chi connectivity index (χ0v) is 11.9. The first-order valence-electron chi connectivity index (χ1n) is 6.43. The van der Waals surface area contributed by atoms with Crippen molar-refractivity contribution in [3.63, 3.8) is 0 Å². The monoisotopic (exact) mass is 279 g/mol. The summed E-state index contributed by atoms with van der Waals surface area (Å²) in [5.74, 6) is 1.36. The minimum Gasteiger partial charge on any atom is -0.339 e. The minimum absolute atomic E-state index is 0.00128. The Balaban J connectivity index is 2.16. The van der Waals surface area contributed by atoms with Crippen molar-refractivity contribution >= 4 is 11.6 Å². The first-order valence-corrected chi connectivity index (χ1v) is 6.81. The van der Waals surface area contributed by atoms with E-state index in [0.717, 1.165) is 12.0 Å². The topological polar surface area (TPSA) is 64.9 Å². The number of benzene rings is 1. The molecule has 0 aliphatic rings. The van der Waals surface area contributed by atoms with E-state index in [1.165, 1.54) is 0 Å². The molecule has 0 radical (unpaired) electrons. The molecule has 4 nitrogen and oxygen atoms in total. The highest BCUT2D eigenvalue weighted by atomic mass is 35.5. The predicted molar refractivity (Wildman–Crippen MR) is 75.2 cm³/mol. The summed E-state index contributed by atoms with van der Waals surface area (Å²) in [5, 5.41) is 4.72. The van der Waals surface area contributed by atoms with Gasteiger partial charge < -0.3 is 10.3 Å². The third kappa shape index (κ3) is 3.33. The SMILES string of the molecule is CCC(c1nc(Cc2ccccc2Cl)no1)C(C)N. The van der Waals surface area contributed by atoms with E-state index in [0.29, 0.717) is 23.2 Å². The molecule has 5 heteroatoms. The van der Waals surface area contributed by atoms with Crippen molar-refractivity contribution in [2.24, 2.45) is 5.73 Å². The lowest BCUT2D eigenvalue weighted by Gasteiger charge is -2.13. The van der Waals surface area contributed by atoms with Gasteiger partial charge >= 0.3 is 0 Å². The Labute approximate surface area is 118 Å². The number of halogens is 1. The third-order valence-electron chi connectivity index (χ3n) is 3.18. The van der Waals surface area contributed by atoms with Crippen LogP contribution in [0.5, 0.6) is 0 Å². The van der Waals surface area contributed by atoms with Crippen LogP contribution in [-0.2, 0) is 6.42 Å². The lowest BCUT2D eigenvalue weighted by atomic mass is 9.99. The summed E-state index contributed by atoms with van der Waals surface area (Å²) in [7, 11) is 0. The van der Waals surface area contributed by atoms with Crippen molar-refractivity contribution in [2.45, 2.75) is 38.6 Å². The fourth-order valence-corrected chi connectivity index (χ4v) is 2.28. The molecule has 2 unspecified atom stereocenters. The molecule has 2 rings (SSSR count). The molecular formula is C14H18ClN3O. The molecule has 0 saturated heterocycles. The lowest BCUT2D eigenvalue weighted by molar-refractivity contribution is 0.331. The smallest absolute Gasteiger partial charge is 0.231 e. The average molecular weight is 280 g/mol. The standard InChI is InChI=1S/C14H18ClN3O/c1-3-11(9(2)16)14-17-13(18-19-14)8-10-6-4-5-7-12(10)15/h4-7,9,11H,3,8,16H2,1-2H3.